The van der Waals surface area contributed by atoms with E-state index in [4.69, 9.17) is 10.5 Å². The summed E-state index contributed by atoms with van der Waals surface area (Å²) in [4.78, 5) is 42.1. The number of carbonyl (C=O) groups excluding carboxylic acids is 3. The number of hydrogen-bond acceptors (Lipinski definition) is 5. The predicted octanol–water partition coefficient (Wildman–Crippen LogP) is 3.83. The van der Waals surface area contributed by atoms with Crippen molar-refractivity contribution in [1.29, 1.82) is 0 Å². The minimum Gasteiger partial charge on any atom is -0.444 e. The van der Waals surface area contributed by atoms with Crippen molar-refractivity contribution in [3.63, 3.8) is 0 Å². The maximum atomic E-state index is 14.0. The van der Waals surface area contributed by atoms with E-state index in [9.17, 15) is 31.9 Å². The molecule has 3 rings (SSSR count). The smallest absolute Gasteiger partial charge is 0.416 e. The van der Waals surface area contributed by atoms with Crippen LogP contribution in [0.2, 0.25) is 0 Å². The van der Waals surface area contributed by atoms with Gasteiger partial charge in [-0.15, -0.1) is 0 Å². The standard InChI is InChI=1S/C24H26F4N4O4/c1-23(2,3)36-22(35)32-12-15(25)8-19(32)21(34)31-10-16-9-17(18(11-30-16)20(29)33)13-4-6-14(7-5-13)24(26,27)28/h4-7,9,11,15,19H,8,10,12H2,1-3H3,(H2,29,33)(H,31,34). The number of likely N-dealkylation sites (tertiary alicyclic amines) is 1. The molecule has 1 aromatic carbocycles. The number of nitrogens with one attached hydrogen (secondary N) is 1. The normalized spacial score (nSPS) is 18.1. The van der Waals surface area contributed by atoms with E-state index in [1.807, 2.05) is 0 Å². The molecule has 1 aliphatic heterocycles. The number of ether oxygens (including phenoxy) is 1. The fourth-order valence-corrected chi connectivity index (χ4v) is 3.72. The van der Waals surface area contributed by atoms with Crippen molar-refractivity contribution < 1.29 is 36.7 Å². The molecule has 3 N–H and O–H groups in total. The Balaban J connectivity index is 1.78. The van der Waals surface area contributed by atoms with Crippen LogP contribution in [-0.2, 0) is 22.3 Å². The number of benzene rings is 1. The number of nitrogens with two attached hydrogens (primary N) is 1. The second-order valence-electron chi connectivity index (χ2n) is 9.36. The topological polar surface area (TPSA) is 115 Å². The number of aromatic nitrogens is 1. The van der Waals surface area contributed by atoms with E-state index >= 15 is 0 Å². The van der Waals surface area contributed by atoms with Crippen molar-refractivity contribution in [2.24, 2.45) is 5.73 Å². The van der Waals surface area contributed by atoms with E-state index in [0.29, 0.717) is 5.56 Å². The van der Waals surface area contributed by atoms with Gasteiger partial charge in [0.1, 0.15) is 17.8 Å². The summed E-state index contributed by atoms with van der Waals surface area (Å²) in [7, 11) is 0. The van der Waals surface area contributed by atoms with Gasteiger partial charge in [-0.1, -0.05) is 12.1 Å². The monoisotopic (exact) mass is 510 g/mol. The van der Waals surface area contributed by atoms with Crippen LogP contribution in [0.4, 0.5) is 22.4 Å². The largest absolute Gasteiger partial charge is 0.444 e. The molecular formula is C24H26F4N4O4. The molecule has 2 atom stereocenters. The van der Waals surface area contributed by atoms with E-state index in [0.717, 1.165) is 23.2 Å². The zero-order valence-corrected chi connectivity index (χ0v) is 19.9. The van der Waals surface area contributed by atoms with Crippen molar-refractivity contribution in [2.45, 2.75) is 57.7 Å². The van der Waals surface area contributed by atoms with Crippen molar-refractivity contribution in [3.05, 3.63) is 53.3 Å². The summed E-state index contributed by atoms with van der Waals surface area (Å²) in [5.74, 6) is -1.46. The number of nitrogens with zero attached hydrogens (tertiary/aromatic N) is 2. The minimum absolute atomic E-state index is 0.0167. The second kappa shape index (κ2) is 10.1. The van der Waals surface area contributed by atoms with Gasteiger partial charge in [0.25, 0.3) is 5.91 Å². The van der Waals surface area contributed by atoms with Crippen LogP contribution in [0.1, 0.15) is 48.8 Å². The lowest BCUT2D eigenvalue weighted by Crippen LogP contribution is -2.47. The van der Waals surface area contributed by atoms with Crippen molar-refractivity contribution in [1.82, 2.24) is 15.2 Å². The van der Waals surface area contributed by atoms with E-state index in [1.165, 1.54) is 18.2 Å². The third-order valence-electron chi connectivity index (χ3n) is 5.37. The Morgan fingerprint density at radius 2 is 1.81 bits per heavy atom. The molecular weight excluding hydrogens is 484 g/mol. The minimum atomic E-state index is -4.52. The number of pyridine rings is 1. The van der Waals surface area contributed by atoms with Crippen molar-refractivity contribution in [3.8, 4) is 11.1 Å². The van der Waals surface area contributed by atoms with Gasteiger partial charge in [0.15, 0.2) is 0 Å². The number of halogens is 4. The molecule has 1 aliphatic rings. The molecule has 0 saturated carbocycles. The highest BCUT2D eigenvalue weighted by Gasteiger charge is 2.41. The summed E-state index contributed by atoms with van der Waals surface area (Å²) in [6, 6.07) is 4.48. The average molecular weight is 510 g/mol. The van der Waals surface area contributed by atoms with Crippen molar-refractivity contribution >= 4 is 17.9 Å². The molecule has 1 aromatic heterocycles. The van der Waals surface area contributed by atoms with Gasteiger partial charge in [0, 0.05) is 12.6 Å². The van der Waals surface area contributed by atoms with Crippen LogP contribution in [0, 0.1) is 0 Å². The van der Waals surface area contributed by atoms with Gasteiger partial charge < -0.3 is 15.8 Å². The van der Waals surface area contributed by atoms with E-state index < -0.39 is 47.5 Å². The van der Waals surface area contributed by atoms with Crippen LogP contribution in [0.15, 0.2) is 36.5 Å². The fraction of sp³-hybridized carbons (Fsp3) is 0.417. The maximum absolute atomic E-state index is 14.0. The summed E-state index contributed by atoms with van der Waals surface area (Å²) < 4.78 is 58.0. The van der Waals surface area contributed by atoms with Gasteiger partial charge in [0.05, 0.1) is 29.9 Å². The van der Waals surface area contributed by atoms with Crippen LogP contribution in [0.5, 0.6) is 0 Å². The molecule has 0 radical (unpaired) electrons. The number of carbonyl (C=O) groups is 3. The van der Waals surface area contributed by atoms with E-state index in [2.05, 4.69) is 10.3 Å². The van der Waals surface area contributed by atoms with Crippen LogP contribution in [-0.4, -0.2) is 52.2 Å². The van der Waals surface area contributed by atoms with Gasteiger partial charge in [-0.05, 0) is 50.1 Å². The Morgan fingerprint density at radius 1 is 1.17 bits per heavy atom. The third kappa shape index (κ3) is 6.49. The molecule has 12 heteroatoms. The Bertz CT molecular complexity index is 1150. The number of primary amides is 1. The highest BCUT2D eigenvalue weighted by Crippen LogP contribution is 2.32. The Hall–Kier alpha value is -3.70. The van der Waals surface area contributed by atoms with Crippen molar-refractivity contribution in [2.75, 3.05) is 6.54 Å². The lowest BCUT2D eigenvalue weighted by molar-refractivity contribution is -0.137. The first-order chi connectivity index (χ1) is 16.7. The van der Waals surface area contributed by atoms with Crippen LogP contribution < -0.4 is 11.1 Å². The summed E-state index contributed by atoms with van der Waals surface area (Å²) in [6.07, 6.45) is -5.76. The zero-order valence-electron chi connectivity index (χ0n) is 19.9. The molecule has 3 amide bonds. The summed E-state index contributed by atoms with van der Waals surface area (Å²) in [5, 5.41) is 2.58. The Kier molecular flexibility index (Phi) is 7.56. The summed E-state index contributed by atoms with van der Waals surface area (Å²) >= 11 is 0. The Labute approximate surface area is 204 Å². The molecule has 2 heterocycles. The Morgan fingerprint density at radius 3 is 2.36 bits per heavy atom. The highest BCUT2D eigenvalue weighted by molar-refractivity contribution is 5.99. The lowest BCUT2D eigenvalue weighted by Gasteiger charge is -2.27. The SMILES string of the molecule is CC(C)(C)OC(=O)N1CC(F)CC1C(=O)NCc1cc(-c2ccc(C(F)(F)F)cc2)c(C(N)=O)cn1. The summed E-state index contributed by atoms with van der Waals surface area (Å²) in [5.41, 5.74) is 4.48. The van der Waals surface area contributed by atoms with Gasteiger partial charge >= 0.3 is 12.3 Å². The van der Waals surface area contributed by atoms with Gasteiger partial charge in [-0.2, -0.15) is 13.2 Å². The number of amides is 3. The molecule has 8 nitrogen and oxygen atoms in total. The molecule has 2 unspecified atom stereocenters. The first-order valence-electron chi connectivity index (χ1n) is 11.0. The molecule has 36 heavy (non-hydrogen) atoms. The molecule has 0 spiro atoms. The summed E-state index contributed by atoms with van der Waals surface area (Å²) in [6.45, 7) is 4.52. The van der Waals surface area contributed by atoms with E-state index in [1.54, 1.807) is 20.8 Å². The van der Waals surface area contributed by atoms with Gasteiger partial charge in [-0.3, -0.25) is 19.5 Å². The number of alkyl halides is 4. The van der Waals surface area contributed by atoms with Gasteiger partial charge in [0.2, 0.25) is 5.91 Å². The average Bonchev–Trinajstić information content (AvgIpc) is 3.17. The van der Waals surface area contributed by atoms with Crippen LogP contribution >= 0.6 is 0 Å². The van der Waals surface area contributed by atoms with Crippen LogP contribution in [0.25, 0.3) is 11.1 Å². The second-order valence-corrected chi connectivity index (χ2v) is 9.36. The molecule has 0 bridgehead atoms. The van der Waals surface area contributed by atoms with Gasteiger partial charge in [-0.25, -0.2) is 9.18 Å². The first-order valence-corrected chi connectivity index (χ1v) is 11.0. The lowest BCUT2D eigenvalue weighted by atomic mass is 9.99. The number of rotatable bonds is 5. The first kappa shape index (κ1) is 26.9. The number of hydrogen-bond donors (Lipinski definition) is 2. The third-order valence-corrected chi connectivity index (χ3v) is 5.37. The molecule has 1 saturated heterocycles. The zero-order chi connectivity index (χ0) is 26.8. The fourth-order valence-electron chi connectivity index (χ4n) is 3.72. The predicted molar refractivity (Wildman–Crippen MR) is 121 cm³/mol. The highest BCUT2D eigenvalue weighted by atomic mass is 19.4. The van der Waals surface area contributed by atoms with Crippen LogP contribution in [0.3, 0.4) is 0 Å². The maximum Gasteiger partial charge on any atom is 0.416 e. The van der Waals surface area contributed by atoms with E-state index in [-0.39, 0.29) is 36.3 Å². The quantitative estimate of drug-likeness (QED) is 0.594. The molecule has 1 fully saturated rings. The molecule has 0 aliphatic carbocycles. The molecule has 194 valence electrons. The molecule has 2 aromatic rings.